The van der Waals surface area contributed by atoms with E-state index in [1.54, 1.807) is 6.08 Å². The number of sulfonamides is 1. The maximum atomic E-state index is 12.2. The lowest BCUT2D eigenvalue weighted by molar-refractivity contribution is -0.117. The Morgan fingerprint density at radius 2 is 2.07 bits per heavy atom. The van der Waals surface area contributed by atoms with Gasteiger partial charge < -0.3 is 14.8 Å². The molecule has 28 heavy (non-hydrogen) atoms. The molecule has 0 spiro atoms. The lowest BCUT2D eigenvalue weighted by atomic mass is 10.1. The molecule has 1 aliphatic heterocycles. The first-order chi connectivity index (χ1) is 13.3. The number of carbonyl (C=O) groups excluding carboxylic acids is 1. The number of nitrogens with one attached hydrogen (secondary N) is 1. The van der Waals surface area contributed by atoms with Gasteiger partial charge in [0.2, 0.25) is 15.9 Å². The van der Waals surface area contributed by atoms with Crippen molar-refractivity contribution in [2.24, 2.45) is 0 Å². The molecule has 1 heterocycles. The van der Waals surface area contributed by atoms with Crippen molar-refractivity contribution in [2.75, 3.05) is 32.6 Å². The van der Waals surface area contributed by atoms with E-state index in [9.17, 15) is 13.2 Å². The van der Waals surface area contributed by atoms with Gasteiger partial charge in [0.15, 0.2) is 11.5 Å². The van der Waals surface area contributed by atoms with Crippen LogP contribution in [0.2, 0.25) is 0 Å². The van der Waals surface area contributed by atoms with Gasteiger partial charge in [0.1, 0.15) is 0 Å². The Morgan fingerprint density at radius 1 is 1.29 bits per heavy atom. The summed E-state index contributed by atoms with van der Waals surface area (Å²) in [5.41, 5.74) is 0.823. The summed E-state index contributed by atoms with van der Waals surface area (Å²) in [5.74, 6) is 1.09. The van der Waals surface area contributed by atoms with E-state index < -0.39 is 10.0 Å². The molecule has 0 aromatic heterocycles. The van der Waals surface area contributed by atoms with Crippen molar-refractivity contribution in [3.05, 3.63) is 29.8 Å². The number of rotatable bonds is 9. The molecule has 7 nitrogen and oxygen atoms in total. The molecule has 0 bridgehead atoms. The van der Waals surface area contributed by atoms with E-state index in [-0.39, 0.29) is 11.9 Å². The van der Waals surface area contributed by atoms with Crippen molar-refractivity contribution in [2.45, 2.75) is 39.2 Å². The molecule has 1 saturated heterocycles. The second kappa shape index (κ2) is 10.5. The summed E-state index contributed by atoms with van der Waals surface area (Å²) in [4.78, 5) is 12.2. The van der Waals surface area contributed by atoms with Crippen LogP contribution in [0.25, 0.3) is 6.08 Å². The molecule has 1 amide bonds. The van der Waals surface area contributed by atoms with Gasteiger partial charge >= 0.3 is 0 Å². The molecular weight excluding hydrogens is 380 g/mol. The molecule has 2 rings (SSSR count). The first-order valence-electron chi connectivity index (χ1n) is 9.66. The second-order valence-corrected chi connectivity index (χ2v) is 8.77. The molecule has 156 valence electrons. The molecule has 1 unspecified atom stereocenters. The van der Waals surface area contributed by atoms with Crippen LogP contribution in [-0.2, 0) is 14.8 Å². The molecule has 0 radical (unpaired) electrons. The van der Waals surface area contributed by atoms with Gasteiger partial charge in [0.25, 0.3) is 0 Å². The molecule has 1 N–H and O–H groups in total. The summed E-state index contributed by atoms with van der Waals surface area (Å²) in [7, 11) is -3.23. The monoisotopic (exact) mass is 410 g/mol. The Morgan fingerprint density at radius 3 is 2.75 bits per heavy atom. The van der Waals surface area contributed by atoms with Crippen molar-refractivity contribution in [1.29, 1.82) is 0 Å². The Balaban J connectivity index is 1.98. The summed E-state index contributed by atoms with van der Waals surface area (Å²) in [6.45, 7) is 5.91. The highest BCUT2D eigenvalue weighted by atomic mass is 32.2. The van der Waals surface area contributed by atoms with Gasteiger partial charge in [-0.25, -0.2) is 12.7 Å². The van der Waals surface area contributed by atoms with Gasteiger partial charge in [-0.15, -0.1) is 0 Å². The van der Waals surface area contributed by atoms with Gasteiger partial charge in [-0.05, 0) is 50.0 Å². The third kappa shape index (κ3) is 6.83. The number of hydrogen-bond donors (Lipinski definition) is 1. The highest BCUT2D eigenvalue weighted by Gasteiger charge is 2.26. The largest absolute Gasteiger partial charge is 0.490 e. The van der Waals surface area contributed by atoms with Gasteiger partial charge in [-0.2, -0.15) is 0 Å². The van der Waals surface area contributed by atoms with Crippen LogP contribution in [-0.4, -0.2) is 57.2 Å². The van der Waals surface area contributed by atoms with Crippen molar-refractivity contribution in [3.8, 4) is 11.5 Å². The van der Waals surface area contributed by atoms with Crippen LogP contribution in [0.5, 0.6) is 11.5 Å². The molecule has 1 atom stereocenters. The van der Waals surface area contributed by atoms with Crippen LogP contribution in [0, 0.1) is 0 Å². The van der Waals surface area contributed by atoms with Crippen molar-refractivity contribution < 1.29 is 22.7 Å². The fraction of sp³-hybridized carbons (Fsp3) is 0.550. The minimum absolute atomic E-state index is 0.176. The Labute approximate surface area is 167 Å². The highest BCUT2D eigenvalue weighted by molar-refractivity contribution is 7.88. The maximum absolute atomic E-state index is 12.2. The minimum atomic E-state index is -3.23. The molecule has 1 fully saturated rings. The number of benzene rings is 1. The number of piperidine rings is 1. The lowest BCUT2D eigenvalue weighted by Crippen LogP contribution is -2.48. The van der Waals surface area contributed by atoms with E-state index in [2.05, 4.69) is 5.32 Å². The van der Waals surface area contributed by atoms with E-state index >= 15 is 0 Å². The average Bonchev–Trinajstić information content (AvgIpc) is 2.65. The van der Waals surface area contributed by atoms with E-state index in [0.717, 1.165) is 24.8 Å². The van der Waals surface area contributed by atoms with Gasteiger partial charge in [-0.3, -0.25) is 4.79 Å². The molecule has 0 saturated carbocycles. The first kappa shape index (κ1) is 22.2. The highest BCUT2D eigenvalue weighted by Crippen LogP contribution is 2.29. The summed E-state index contributed by atoms with van der Waals surface area (Å²) >= 11 is 0. The molecule has 1 aromatic carbocycles. The van der Waals surface area contributed by atoms with E-state index in [0.29, 0.717) is 37.8 Å². The van der Waals surface area contributed by atoms with Crippen molar-refractivity contribution in [1.82, 2.24) is 9.62 Å². The summed E-state index contributed by atoms with van der Waals surface area (Å²) in [5, 5.41) is 2.88. The van der Waals surface area contributed by atoms with Gasteiger partial charge in [0, 0.05) is 25.2 Å². The predicted molar refractivity (Wildman–Crippen MR) is 110 cm³/mol. The Hall–Kier alpha value is -2.06. The van der Waals surface area contributed by atoms with Gasteiger partial charge in [-0.1, -0.05) is 13.0 Å². The van der Waals surface area contributed by atoms with Crippen LogP contribution in [0.4, 0.5) is 0 Å². The number of nitrogens with zero attached hydrogens (tertiary/aromatic N) is 1. The summed E-state index contributed by atoms with van der Waals surface area (Å²) in [6, 6.07) is 5.36. The number of amides is 1. The summed E-state index contributed by atoms with van der Waals surface area (Å²) < 4.78 is 36.1. The SMILES string of the molecule is CCCOc1ccc(/C=C/C(=O)NC2CCCN(S(C)(=O)=O)C2)cc1OCC. The van der Waals surface area contributed by atoms with Crippen LogP contribution < -0.4 is 14.8 Å². The molecular formula is C20H30N2O5S. The van der Waals surface area contributed by atoms with Crippen LogP contribution in [0.1, 0.15) is 38.7 Å². The zero-order chi connectivity index (χ0) is 20.6. The van der Waals surface area contributed by atoms with E-state index in [1.165, 1.54) is 16.6 Å². The van der Waals surface area contributed by atoms with Crippen molar-refractivity contribution >= 4 is 22.0 Å². The molecule has 1 aliphatic rings. The number of ether oxygens (including phenoxy) is 2. The molecule has 8 heteroatoms. The summed E-state index contributed by atoms with van der Waals surface area (Å²) in [6.07, 6.45) is 6.77. The van der Waals surface area contributed by atoms with E-state index in [4.69, 9.17) is 9.47 Å². The quantitative estimate of drug-likeness (QED) is 0.632. The zero-order valence-corrected chi connectivity index (χ0v) is 17.6. The number of carbonyl (C=O) groups is 1. The first-order valence-corrected chi connectivity index (χ1v) is 11.5. The van der Waals surface area contributed by atoms with Crippen LogP contribution >= 0.6 is 0 Å². The van der Waals surface area contributed by atoms with Crippen molar-refractivity contribution in [3.63, 3.8) is 0 Å². The number of hydrogen-bond acceptors (Lipinski definition) is 5. The predicted octanol–water partition coefficient (Wildman–Crippen LogP) is 2.43. The molecule has 1 aromatic rings. The molecule has 0 aliphatic carbocycles. The third-order valence-electron chi connectivity index (χ3n) is 4.36. The topological polar surface area (TPSA) is 84.9 Å². The standard InChI is InChI=1S/C20H30N2O5S/c1-4-13-27-18-10-8-16(14-19(18)26-5-2)9-11-20(23)21-17-7-6-12-22(15-17)28(3,24)25/h8-11,14,17H,4-7,12-13,15H2,1-3H3,(H,21,23)/b11-9+. The minimum Gasteiger partial charge on any atom is -0.490 e. The maximum Gasteiger partial charge on any atom is 0.244 e. The van der Waals surface area contributed by atoms with E-state index in [1.807, 2.05) is 32.0 Å². The fourth-order valence-electron chi connectivity index (χ4n) is 3.01. The lowest BCUT2D eigenvalue weighted by Gasteiger charge is -2.31. The zero-order valence-electron chi connectivity index (χ0n) is 16.8. The Kier molecular flexibility index (Phi) is 8.32. The van der Waals surface area contributed by atoms with Crippen LogP contribution in [0.15, 0.2) is 24.3 Å². The second-order valence-electron chi connectivity index (χ2n) is 6.79. The fourth-order valence-corrected chi connectivity index (χ4v) is 3.92. The van der Waals surface area contributed by atoms with Crippen LogP contribution in [0.3, 0.4) is 0 Å². The smallest absolute Gasteiger partial charge is 0.244 e. The van der Waals surface area contributed by atoms with Gasteiger partial charge in [0.05, 0.1) is 19.5 Å². The Bertz CT molecular complexity index is 792. The third-order valence-corrected chi connectivity index (χ3v) is 5.63. The average molecular weight is 411 g/mol. The normalized spacial score (nSPS) is 18.2.